The Morgan fingerprint density at radius 2 is 1.27 bits per heavy atom. The number of allylic oxidation sites excluding steroid dienone is 1. The molecule has 0 spiro atoms. The smallest absolute Gasteiger partial charge is 0.333 e. The van der Waals surface area contributed by atoms with Gasteiger partial charge in [-0.2, -0.15) is 21.0 Å². The summed E-state index contributed by atoms with van der Waals surface area (Å²) in [4.78, 5) is 38.6. The molecule has 6 heterocycles. The summed E-state index contributed by atoms with van der Waals surface area (Å²) in [5, 5.41) is 37.3. The van der Waals surface area contributed by atoms with E-state index in [1.165, 1.54) is 34.0 Å². The topological polar surface area (TPSA) is 160 Å². The molecule has 2 aromatic carbocycles. The highest BCUT2D eigenvalue weighted by Gasteiger charge is 2.60. The summed E-state index contributed by atoms with van der Waals surface area (Å²) < 4.78 is 18.3. The number of ether oxygens (including phenoxy) is 2. The quantitative estimate of drug-likeness (QED) is 0.0431. The van der Waals surface area contributed by atoms with Gasteiger partial charge in [0, 0.05) is 40.2 Å². The van der Waals surface area contributed by atoms with Gasteiger partial charge in [0.15, 0.2) is 5.57 Å². The van der Waals surface area contributed by atoms with Gasteiger partial charge in [0.25, 0.3) is 0 Å². The minimum Gasteiger partial charge on any atom is -0.459 e. The number of fused-ring (bicyclic) bond motifs is 7. The molecule has 8 aromatic rings. The molecular weight excluding hydrogens is 867 g/mol. The summed E-state index contributed by atoms with van der Waals surface area (Å²) in [5.41, 5.74) is 2.69. The molecule has 0 fully saturated rings. The van der Waals surface area contributed by atoms with E-state index in [1.807, 2.05) is 91.0 Å². The highest BCUT2D eigenvalue weighted by molar-refractivity contribution is 7.45. The van der Waals surface area contributed by atoms with Crippen molar-refractivity contribution in [2.45, 2.75) is 18.6 Å². The predicted molar refractivity (Wildman–Crippen MR) is 241 cm³/mol. The van der Waals surface area contributed by atoms with Crippen molar-refractivity contribution in [3.63, 3.8) is 0 Å². The molecule has 0 amide bonds. The fourth-order valence-electron chi connectivity index (χ4n) is 6.78. The van der Waals surface area contributed by atoms with E-state index in [0.29, 0.717) is 21.0 Å². The molecule has 0 N–H and O–H groups in total. The molecule has 0 atom stereocenters. The number of rotatable bonds is 10. The van der Waals surface area contributed by atoms with Gasteiger partial charge in [-0.25, -0.2) is 4.99 Å². The number of nitrogens with zero attached hydrogens (tertiary/aromatic N) is 5. The van der Waals surface area contributed by atoms with Crippen LogP contribution in [0.1, 0.15) is 31.3 Å². The number of thiophene rings is 6. The maximum absolute atomic E-state index is 15.1. The second-order valence-corrected chi connectivity index (χ2v) is 19.4. The number of hydrogen-bond acceptors (Lipinski definition) is 15. The summed E-state index contributed by atoms with van der Waals surface area (Å²) in [6.07, 6.45) is 3.51. The third kappa shape index (κ3) is 6.77. The fourth-order valence-corrected chi connectivity index (χ4v) is 14.6. The zero-order chi connectivity index (χ0) is 41.4. The molecule has 0 radical (unpaired) electrons. The monoisotopic (exact) mass is 887 g/mol. The van der Waals surface area contributed by atoms with Gasteiger partial charge in [0.05, 0.1) is 23.5 Å². The van der Waals surface area contributed by atoms with Crippen LogP contribution in [-0.2, 0) is 37.7 Å². The Morgan fingerprint density at radius 3 is 1.92 bits per heavy atom. The molecule has 1 aliphatic carbocycles. The zero-order valence-corrected chi connectivity index (χ0v) is 35.4. The average Bonchev–Trinajstić information content (AvgIpc) is 4.14. The highest BCUT2D eigenvalue weighted by atomic mass is 32.1. The minimum absolute atomic E-state index is 0.0799. The standard InChI is InChI=1S/C45H21N5O4S6/c46-19-27(20-47)11-12-29-13-14-32(55-29)33-18-35-38(57-33)40-42(59-35)41-39(60-40)37-34(58-41)17-30(31-15-16-36(56-31)50-28(21-48)22-49)45(37,43(51)53-23-25-7-3-1-4-8-25)44(52)54-24-26-9-5-2-6-10-26/h1-10,12-18H,23-24H2. The van der Waals surface area contributed by atoms with Crippen LogP contribution in [0.2, 0.25) is 0 Å². The molecule has 286 valence electrons. The van der Waals surface area contributed by atoms with Crippen molar-refractivity contribution in [2.75, 3.05) is 0 Å². The number of aliphatic imine (C=N–C) groups is 1. The third-order valence-electron chi connectivity index (χ3n) is 9.46. The van der Waals surface area contributed by atoms with Crippen LogP contribution < -0.4 is 0 Å². The lowest BCUT2D eigenvalue weighted by Gasteiger charge is -2.29. The van der Waals surface area contributed by atoms with E-state index in [0.717, 1.165) is 70.2 Å². The van der Waals surface area contributed by atoms with Crippen LogP contribution in [0.3, 0.4) is 0 Å². The normalized spacial score (nSPS) is 12.4. The van der Waals surface area contributed by atoms with Crippen molar-refractivity contribution in [1.82, 2.24) is 0 Å². The first-order valence-electron chi connectivity index (χ1n) is 17.8. The predicted octanol–water partition coefficient (Wildman–Crippen LogP) is 12.2. The lowest BCUT2D eigenvalue weighted by Crippen LogP contribution is -2.45. The molecule has 0 saturated carbocycles. The Kier molecular flexibility index (Phi) is 10.4. The van der Waals surface area contributed by atoms with Gasteiger partial charge < -0.3 is 9.47 Å². The van der Waals surface area contributed by atoms with Crippen molar-refractivity contribution >= 4 is 137 Å². The second-order valence-electron chi connectivity index (χ2n) is 13.0. The maximum atomic E-state index is 15.1. The summed E-state index contributed by atoms with van der Waals surface area (Å²) in [5.74, 6) is -1.56. The summed E-state index contributed by atoms with van der Waals surface area (Å²) in [7, 11) is 0. The molecule has 6 aromatic heterocycles. The van der Waals surface area contributed by atoms with Crippen LogP contribution in [-0.4, -0.2) is 17.7 Å². The number of nitriles is 4. The van der Waals surface area contributed by atoms with E-state index in [4.69, 9.17) is 20.0 Å². The molecule has 9 nitrogen and oxygen atoms in total. The van der Waals surface area contributed by atoms with Crippen LogP contribution in [0.5, 0.6) is 0 Å². The first-order valence-corrected chi connectivity index (χ1v) is 22.7. The lowest BCUT2D eigenvalue weighted by atomic mass is 9.77. The second kappa shape index (κ2) is 16.1. The van der Waals surface area contributed by atoms with Gasteiger partial charge >= 0.3 is 11.9 Å². The number of benzene rings is 2. The largest absolute Gasteiger partial charge is 0.459 e. The van der Waals surface area contributed by atoms with Crippen molar-refractivity contribution in [1.29, 1.82) is 21.0 Å². The van der Waals surface area contributed by atoms with Crippen molar-refractivity contribution in [3.05, 3.63) is 134 Å². The van der Waals surface area contributed by atoms with Gasteiger partial charge in [-0.05, 0) is 53.6 Å². The molecule has 0 saturated heterocycles. The average molecular weight is 888 g/mol. The summed E-state index contributed by atoms with van der Waals surface area (Å²) in [6, 6.07) is 35.2. The Labute approximate surface area is 365 Å². The van der Waals surface area contributed by atoms with Crippen LogP contribution >= 0.6 is 68.0 Å². The van der Waals surface area contributed by atoms with E-state index in [1.54, 1.807) is 53.0 Å². The van der Waals surface area contributed by atoms with Crippen LogP contribution in [0, 0.1) is 45.3 Å². The molecule has 15 heteroatoms. The Morgan fingerprint density at radius 1 is 0.633 bits per heavy atom. The molecule has 1 aliphatic rings. The Bertz CT molecular complexity index is 3270. The number of carbonyl (C=O) groups is 2. The minimum atomic E-state index is -2.03. The number of hydrogen-bond donors (Lipinski definition) is 0. The SMILES string of the molecule is N#CC(=C=Cc1ccc(-c2cc3sc4c5sc6c(c5sc4c3s2)C(C(=O)OCc2ccccc2)(C(=O)OCc2ccccc2)C(c2ccc(N=C(C#N)C#N)s2)=C6)s1)C#N. The van der Waals surface area contributed by atoms with Gasteiger partial charge in [-0.3, -0.25) is 9.59 Å². The molecule has 0 unspecified atom stereocenters. The molecule has 0 bridgehead atoms. The van der Waals surface area contributed by atoms with Crippen LogP contribution in [0.4, 0.5) is 5.00 Å². The van der Waals surface area contributed by atoms with Gasteiger partial charge in [-0.15, -0.1) is 68.0 Å². The van der Waals surface area contributed by atoms with Gasteiger partial charge in [-0.1, -0.05) is 66.4 Å². The number of esters is 2. The van der Waals surface area contributed by atoms with E-state index < -0.39 is 17.4 Å². The summed E-state index contributed by atoms with van der Waals surface area (Å²) >= 11 is 9.06. The lowest BCUT2D eigenvalue weighted by molar-refractivity contribution is -0.163. The molecule has 9 rings (SSSR count). The number of carbonyl (C=O) groups excluding carboxylic acids is 2. The van der Waals surface area contributed by atoms with E-state index >= 15 is 9.59 Å². The van der Waals surface area contributed by atoms with Crippen LogP contribution in [0.15, 0.2) is 107 Å². The highest BCUT2D eigenvalue weighted by Crippen LogP contribution is 2.60. The summed E-state index contributed by atoms with van der Waals surface area (Å²) in [6.45, 7) is -0.160. The molecular formula is C45H21N5O4S6. The van der Waals surface area contributed by atoms with E-state index in [2.05, 4.69) is 16.8 Å². The molecule has 0 aliphatic heterocycles. The zero-order valence-electron chi connectivity index (χ0n) is 30.5. The van der Waals surface area contributed by atoms with E-state index in [9.17, 15) is 10.5 Å². The van der Waals surface area contributed by atoms with Crippen LogP contribution in [0.25, 0.3) is 55.7 Å². The fraction of sp³-hybridized carbons (Fsp3) is 0.0667. The first-order chi connectivity index (χ1) is 29.3. The maximum Gasteiger partial charge on any atom is 0.333 e. The van der Waals surface area contributed by atoms with Crippen molar-refractivity contribution in [2.24, 2.45) is 4.99 Å². The van der Waals surface area contributed by atoms with E-state index in [-0.39, 0.29) is 24.5 Å². The Balaban J connectivity index is 1.20. The van der Waals surface area contributed by atoms with Gasteiger partial charge in [0.1, 0.15) is 42.5 Å². The van der Waals surface area contributed by atoms with Crippen molar-refractivity contribution in [3.8, 4) is 34.0 Å². The Hall–Kier alpha value is -6.75. The van der Waals surface area contributed by atoms with Crippen molar-refractivity contribution < 1.29 is 19.1 Å². The third-order valence-corrected chi connectivity index (χ3v) is 17.0. The molecule has 60 heavy (non-hydrogen) atoms. The first kappa shape index (κ1) is 38.8. The van der Waals surface area contributed by atoms with Gasteiger partial charge in [0.2, 0.25) is 11.1 Å².